The van der Waals surface area contributed by atoms with Gasteiger partial charge >= 0.3 is 0 Å². The molecule has 2 heteroatoms. The Morgan fingerprint density at radius 3 is 2.65 bits per heavy atom. The number of hydrogen-bond acceptors (Lipinski definition) is 2. The summed E-state index contributed by atoms with van der Waals surface area (Å²) in [4.78, 5) is 2.45. The van der Waals surface area contributed by atoms with E-state index in [9.17, 15) is 0 Å². The van der Waals surface area contributed by atoms with Crippen molar-refractivity contribution in [2.24, 2.45) is 0 Å². The molecule has 1 N–H and O–H groups in total. The summed E-state index contributed by atoms with van der Waals surface area (Å²) >= 11 is 0. The Morgan fingerprint density at radius 1 is 1.17 bits per heavy atom. The summed E-state index contributed by atoms with van der Waals surface area (Å²) in [6.45, 7) is 11.2. The third kappa shape index (κ3) is 1.94. The number of nitrogens with zero attached hydrogens (tertiary/aromatic N) is 1. The van der Waals surface area contributed by atoms with Gasteiger partial charge in [0, 0.05) is 30.4 Å². The van der Waals surface area contributed by atoms with Crippen molar-refractivity contribution in [3.63, 3.8) is 0 Å². The normalized spacial score (nSPS) is 23.9. The molecule has 0 radical (unpaired) electrons. The Hall–Kier alpha value is -1.96. The lowest BCUT2D eigenvalue weighted by Gasteiger charge is -2.27. The first-order valence-corrected chi connectivity index (χ1v) is 8.84. The largest absolute Gasteiger partial charge is 0.375 e. The van der Waals surface area contributed by atoms with Crippen molar-refractivity contribution in [2.45, 2.75) is 45.6 Å². The summed E-state index contributed by atoms with van der Waals surface area (Å²) in [5, 5.41) is 3.88. The number of rotatable bonds is 3. The maximum atomic E-state index is 3.88. The van der Waals surface area contributed by atoms with Gasteiger partial charge in [0.2, 0.25) is 0 Å². The zero-order valence-electron chi connectivity index (χ0n) is 14.6. The van der Waals surface area contributed by atoms with Gasteiger partial charge in [-0.1, -0.05) is 24.3 Å². The number of anilines is 2. The molecule has 0 amide bonds. The monoisotopic (exact) mass is 306 g/mol. The molecule has 1 aliphatic carbocycles. The van der Waals surface area contributed by atoms with Crippen LogP contribution in [0.25, 0.3) is 0 Å². The number of fused-ring (bicyclic) bond motifs is 5. The summed E-state index contributed by atoms with van der Waals surface area (Å²) in [6.07, 6.45) is 1.15. The molecule has 0 bridgehead atoms. The van der Waals surface area contributed by atoms with Crippen molar-refractivity contribution in [1.82, 2.24) is 0 Å². The summed E-state index contributed by atoms with van der Waals surface area (Å²) < 4.78 is 0. The second-order valence-corrected chi connectivity index (χ2v) is 7.14. The molecule has 0 spiro atoms. The van der Waals surface area contributed by atoms with E-state index in [1.807, 2.05) is 0 Å². The van der Waals surface area contributed by atoms with E-state index in [4.69, 9.17) is 0 Å². The molecule has 2 aromatic rings. The maximum absolute atomic E-state index is 3.88. The SMILES string of the molecule is CCN(CC)c1cc(C)c2c(c1)[C@H]1Cc3ccccc3[C@@]1(C)N2. The molecule has 0 unspecified atom stereocenters. The minimum Gasteiger partial charge on any atom is -0.375 e. The molecule has 2 nitrogen and oxygen atoms in total. The van der Waals surface area contributed by atoms with Crippen LogP contribution in [-0.4, -0.2) is 13.1 Å². The fourth-order valence-corrected chi connectivity index (χ4v) is 4.66. The van der Waals surface area contributed by atoms with Gasteiger partial charge < -0.3 is 10.2 Å². The van der Waals surface area contributed by atoms with E-state index >= 15 is 0 Å². The van der Waals surface area contributed by atoms with Gasteiger partial charge in [0.15, 0.2) is 0 Å². The van der Waals surface area contributed by atoms with Crippen molar-refractivity contribution in [3.8, 4) is 0 Å². The first-order chi connectivity index (χ1) is 11.1. The molecule has 120 valence electrons. The van der Waals surface area contributed by atoms with Crippen molar-refractivity contribution in [2.75, 3.05) is 23.3 Å². The van der Waals surface area contributed by atoms with Crippen LogP contribution in [0.4, 0.5) is 11.4 Å². The highest BCUT2D eigenvalue weighted by Crippen LogP contribution is 2.56. The second kappa shape index (κ2) is 5.02. The minimum atomic E-state index is 0.0472. The Labute approximate surface area is 139 Å². The van der Waals surface area contributed by atoms with E-state index in [0.29, 0.717) is 5.92 Å². The van der Waals surface area contributed by atoms with Gasteiger partial charge in [-0.05, 0) is 68.5 Å². The first kappa shape index (κ1) is 14.6. The van der Waals surface area contributed by atoms with Gasteiger partial charge in [0.1, 0.15) is 0 Å². The maximum Gasteiger partial charge on any atom is 0.0672 e. The van der Waals surface area contributed by atoms with Gasteiger partial charge in [0.25, 0.3) is 0 Å². The lowest BCUT2D eigenvalue weighted by atomic mass is 9.84. The van der Waals surface area contributed by atoms with E-state index in [-0.39, 0.29) is 5.54 Å². The average Bonchev–Trinajstić information content (AvgIpc) is 2.99. The molecule has 1 aliphatic heterocycles. The fourth-order valence-electron chi connectivity index (χ4n) is 4.66. The molecule has 2 atom stereocenters. The predicted molar refractivity (Wildman–Crippen MR) is 98.6 cm³/mol. The van der Waals surface area contributed by atoms with Crippen LogP contribution < -0.4 is 10.2 Å². The fraction of sp³-hybridized carbons (Fsp3) is 0.429. The molecule has 0 fully saturated rings. The van der Waals surface area contributed by atoms with Crippen molar-refractivity contribution >= 4 is 11.4 Å². The zero-order chi connectivity index (χ0) is 16.2. The summed E-state index contributed by atoms with van der Waals surface area (Å²) in [5.74, 6) is 0.545. The van der Waals surface area contributed by atoms with Crippen LogP contribution >= 0.6 is 0 Å². The first-order valence-electron chi connectivity index (χ1n) is 8.84. The van der Waals surface area contributed by atoms with Crippen molar-refractivity contribution in [1.29, 1.82) is 0 Å². The summed E-state index contributed by atoms with van der Waals surface area (Å²) in [6, 6.07) is 13.7. The quantitative estimate of drug-likeness (QED) is 0.874. The third-order valence-electron chi connectivity index (χ3n) is 5.94. The Balaban J connectivity index is 1.83. The molecule has 2 aromatic carbocycles. The molecule has 1 heterocycles. The molecular weight excluding hydrogens is 280 g/mol. The van der Waals surface area contributed by atoms with Crippen LogP contribution in [0, 0.1) is 6.92 Å². The van der Waals surface area contributed by atoms with Crippen LogP contribution in [0.5, 0.6) is 0 Å². The predicted octanol–water partition coefficient (Wildman–Crippen LogP) is 4.82. The number of hydrogen-bond donors (Lipinski definition) is 1. The zero-order valence-corrected chi connectivity index (χ0v) is 14.6. The second-order valence-electron chi connectivity index (χ2n) is 7.14. The third-order valence-corrected chi connectivity index (χ3v) is 5.94. The molecule has 23 heavy (non-hydrogen) atoms. The number of benzene rings is 2. The van der Waals surface area contributed by atoms with Crippen LogP contribution in [0.3, 0.4) is 0 Å². The molecule has 4 rings (SSSR count). The molecule has 0 saturated carbocycles. The lowest BCUT2D eigenvalue weighted by molar-refractivity contribution is 0.491. The highest BCUT2D eigenvalue weighted by Gasteiger charge is 2.49. The Kier molecular flexibility index (Phi) is 3.19. The van der Waals surface area contributed by atoms with E-state index in [0.717, 1.165) is 19.5 Å². The van der Waals surface area contributed by atoms with Crippen LogP contribution in [-0.2, 0) is 12.0 Å². The summed E-state index contributed by atoms with van der Waals surface area (Å²) in [7, 11) is 0. The van der Waals surface area contributed by atoms with Gasteiger partial charge in [0.05, 0.1) is 5.54 Å². The molecule has 2 aliphatic rings. The molecular formula is C21H26N2. The van der Waals surface area contributed by atoms with E-state index in [2.05, 4.69) is 74.3 Å². The number of aryl methyl sites for hydroxylation is 1. The van der Waals surface area contributed by atoms with E-state index in [1.54, 1.807) is 0 Å². The topological polar surface area (TPSA) is 15.3 Å². The molecule has 0 aromatic heterocycles. The standard InChI is InChI=1S/C21H26N2/c1-5-23(6-2)16-11-14(3)20-17(13-16)19-12-15-9-7-8-10-18(15)21(19,4)22-20/h7-11,13,19,22H,5-6,12H2,1-4H3/t19-,21-/m1/s1. The lowest BCUT2D eigenvalue weighted by Crippen LogP contribution is -2.29. The molecule has 0 saturated heterocycles. The minimum absolute atomic E-state index is 0.0472. The van der Waals surface area contributed by atoms with Gasteiger partial charge in [-0.25, -0.2) is 0 Å². The van der Waals surface area contributed by atoms with Gasteiger partial charge in [-0.3, -0.25) is 0 Å². The highest BCUT2D eigenvalue weighted by atomic mass is 15.1. The smallest absolute Gasteiger partial charge is 0.0672 e. The Morgan fingerprint density at radius 2 is 1.91 bits per heavy atom. The van der Waals surface area contributed by atoms with Crippen molar-refractivity contribution in [3.05, 3.63) is 58.7 Å². The van der Waals surface area contributed by atoms with Crippen molar-refractivity contribution < 1.29 is 0 Å². The van der Waals surface area contributed by atoms with Gasteiger partial charge in [-0.15, -0.1) is 0 Å². The van der Waals surface area contributed by atoms with Gasteiger partial charge in [-0.2, -0.15) is 0 Å². The number of nitrogens with one attached hydrogen (secondary N) is 1. The Bertz CT molecular complexity index is 760. The van der Waals surface area contributed by atoms with E-state index < -0.39 is 0 Å². The van der Waals surface area contributed by atoms with Crippen LogP contribution in [0.1, 0.15) is 48.9 Å². The highest BCUT2D eigenvalue weighted by molar-refractivity contribution is 5.74. The van der Waals surface area contributed by atoms with Crippen LogP contribution in [0.2, 0.25) is 0 Å². The average molecular weight is 306 g/mol. The van der Waals surface area contributed by atoms with Crippen LogP contribution in [0.15, 0.2) is 36.4 Å². The van der Waals surface area contributed by atoms with E-state index in [1.165, 1.54) is 33.6 Å². The summed E-state index contributed by atoms with van der Waals surface area (Å²) in [5.41, 5.74) is 8.64.